The van der Waals surface area contributed by atoms with Crippen molar-refractivity contribution in [3.05, 3.63) is 70.5 Å². The Kier molecular flexibility index (Phi) is 3.89. The lowest BCUT2D eigenvalue weighted by Gasteiger charge is -2.35. The zero-order chi connectivity index (χ0) is 17.4. The summed E-state index contributed by atoms with van der Waals surface area (Å²) < 4.78 is 12.8. The number of hydrogen-bond acceptors (Lipinski definition) is 4. The van der Waals surface area contributed by atoms with Gasteiger partial charge in [0.15, 0.2) is 5.76 Å². The zero-order valence-corrected chi connectivity index (χ0v) is 13.8. The van der Waals surface area contributed by atoms with Crippen LogP contribution in [0.15, 0.2) is 57.9 Å². The number of morpholine rings is 1. The Morgan fingerprint density at radius 3 is 2.84 bits per heavy atom. The van der Waals surface area contributed by atoms with Gasteiger partial charge < -0.3 is 18.6 Å². The quantitative estimate of drug-likeness (QED) is 0.719. The number of aromatic nitrogens is 1. The van der Waals surface area contributed by atoms with Gasteiger partial charge in [0.1, 0.15) is 0 Å². The van der Waals surface area contributed by atoms with Gasteiger partial charge in [-0.3, -0.25) is 4.79 Å². The number of ether oxygens (including phenoxy) is 1. The van der Waals surface area contributed by atoms with Gasteiger partial charge in [-0.2, -0.15) is 0 Å². The molecule has 1 amide bonds. The van der Waals surface area contributed by atoms with Crippen LogP contribution in [0.25, 0.3) is 10.8 Å². The van der Waals surface area contributed by atoms with Crippen LogP contribution in [0.3, 0.4) is 0 Å². The fourth-order valence-corrected chi connectivity index (χ4v) is 3.29. The maximum atomic E-state index is 13.0. The third kappa shape index (κ3) is 2.74. The molecule has 0 spiro atoms. The summed E-state index contributed by atoms with van der Waals surface area (Å²) in [5, 5.41) is 1.17. The Balaban J connectivity index is 1.74. The molecule has 1 fully saturated rings. The molecule has 128 valence electrons. The number of amides is 1. The SMILES string of the molecule is Cn1cccc1C1COCCN1C(=O)c1cc2ccccc2c(=O)o1. The normalized spacial score (nSPS) is 17.8. The smallest absolute Gasteiger partial charge is 0.344 e. The van der Waals surface area contributed by atoms with E-state index in [-0.39, 0.29) is 17.7 Å². The first kappa shape index (κ1) is 15.7. The Morgan fingerprint density at radius 1 is 1.20 bits per heavy atom. The summed E-state index contributed by atoms with van der Waals surface area (Å²) in [6.45, 7) is 1.33. The Labute approximate surface area is 144 Å². The minimum absolute atomic E-state index is 0.0600. The van der Waals surface area contributed by atoms with Gasteiger partial charge in [-0.1, -0.05) is 18.2 Å². The molecular weight excluding hydrogens is 320 g/mol. The number of benzene rings is 1. The van der Waals surface area contributed by atoms with Gasteiger partial charge in [-0.05, 0) is 29.7 Å². The molecule has 0 radical (unpaired) electrons. The summed E-state index contributed by atoms with van der Waals surface area (Å²) in [6.07, 6.45) is 1.93. The number of hydrogen-bond donors (Lipinski definition) is 0. The van der Waals surface area contributed by atoms with Crippen molar-refractivity contribution < 1.29 is 13.9 Å². The van der Waals surface area contributed by atoms with Crippen LogP contribution >= 0.6 is 0 Å². The van der Waals surface area contributed by atoms with Gasteiger partial charge in [-0.25, -0.2) is 4.79 Å². The van der Waals surface area contributed by atoms with E-state index in [1.165, 1.54) is 0 Å². The predicted molar refractivity (Wildman–Crippen MR) is 92.5 cm³/mol. The van der Waals surface area contributed by atoms with Crippen LogP contribution in [0, 0.1) is 0 Å². The first-order chi connectivity index (χ1) is 12.1. The summed E-state index contributed by atoms with van der Waals surface area (Å²) in [7, 11) is 1.93. The van der Waals surface area contributed by atoms with Crippen LogP contribution in [0.4, 0.5) is 0 Å². The van der Waals surface area contributed by atoms with Crippen LogP contribution in [-0.2, 0) is 11.8 Å². The lowest BCUT2D eigenvalue weighted by molar-refractivity contribution is -0.00634. The molecule has 25 heavy (non-hydrogen) atoms. The van der Waals surface area contributed by atoms with Crippen molar-refractivity contribution in [3.8, 4) is 0 Å². The molecule has 2 aromatic heterocycles. The second-order valence-corrected chi connectivity index (χ2v) is 6.12. The molecule has 0 aliphatic carbocycles. The molecule has 1 aliphatic rings. The molecule has 3 aromatic rings. The first-order valence-corrected chi connectivity index (χ1v) is 8.18. The highest BCUT2D eigenvalue weighted by atomic mass is 16.5. The van der Waals surface area contributed by atoms with E-state index in [2.05, 4.69) is 0 Å². The lowest BCUT2D eigenvalue weighted by atomic mass is 10.1. The van der Waals surface area contributed by atoms with Crippen LogP contribution in [0.5, 0.6) is 0 Å². The summed E-state index contributed by atoms with van der Waals surface area (Å²) in [5.74, 6) is -0.234. The monoisotopic (exact) mass is 338 g/mol. The van der Waals surface area contributed by atoms with Crippen molar-refractivity contribution in [3.63, 3.8) is 0 Å². The van der Waals surface area contributed by atoms with E-state index in [9.17, 15) is 9.59 Å². The molecule has 4 rings (SSSR count). The van der Waals surface area contributed by atoms with E-state index < -0.39 is 5.63 Å². The second kappa shape index (κ2) is 6.22. The highest BCUT2D eigenvalue weighted by Gasteiger charge is 2.32. The minimum atomic E-state index is -0.495. The van der Waals surface area contributed by atoms with Crippen molar-refractivity contribution in [1.29, 1.82) is 0 Å². The first-order valence-electron chi connectivity index (χ1n) is 8.18. The van der Waals surface area contributed by atoms with Gasteiger partial charge in [-0.15, -0.1) is 0 Å². The third-order valence-electron chi connectivity index (χ3n) is 4.60. The molecule has 0 N–H and O–H groups in total. The maximum Gasteiger partial charge on any atom is 0.344 e. The number of carbonyl (C=O) groups is 1. The van der Waals surface area contributed by atoms with Gasteiger partial charge in [0.05, 0.1) is 24.6 Å². The molecule has 1 unspecified atom stereocenters. The summed E-state index contributed by atoms with van der Waals surface area (Å²) in [5.41, 5.74) is 0.487. The summed E-state index contributed by atoms with van der Waals surface area (Å²) in [4.78, 5) is 26.9. The summed E-state index contributed by atoms with van der Waals surface area (Å²) in [6, 6.07) is 12.4. The molecule has 1 aromatic carbocycles. The second-order valence-electron chi connectivity index (χ2n) is 6.12. The number of rotatable bonds is 2. The predicted octanol–water partition coefficient (Wildman–Crippen LogP) is 2.35. The average Bonchev–Trinajstić information content (AvgIpc) is 3.07. The Hall–Kier alpha value is -2.86. The third-order valence-corrected chi connectivity index (χ3v) is 4.60. The van der Waals surface area contributed by atoms with Gasteiger partial charge >= 0.3 is 5.63 Å². The van der Waals surface area contributed by atoms with Gasteiger partial charge in [0, 0.05) is 25.5 Å². The van der Waals surface area contributed by atoms with Crippen LogP contribution in [-0.4, -0.2) is 35.1 Å². The zero-order valence-electron chi connectivity index (χ0n) is 13.8. The maximum absolute atomic E-state index is 13.0. The molecule has 1 saturated heterocycles. The topological polar surface area (TPSA) is 64.7 Å². The molecule has 1 aliphatic heterocycles. The number of aryl methyl sites for hydroxylation is 1. The molecule has 6 heteroatoms. The van der Waals surface area contributed by atoms with E-state index in [0.717, 1.165) is 5.69 Å². The van der Waals surface area contributed by atoms with Gasteiger partial charge in [0.2, 0.25) is 0 Å². The fraction of sp³-hybridized carbons (Fsp3) is 0.263. The standard InChI is InChI=1S/C19H18N2O4/c1-20-8-4-7-15(20)16-12-24-10-9-21(16)18(22)17-11-13-5-2-3-6-14(13)19(23)25-17/h2-8,11,16H,9-10,12H2,1H3. The van der Waals surface area contributed by atoms with Gasteiger partial charge in [0.25, 0.3) is 5.91 Å². The molecular formula is C19H18N2O4. The van der Waals surface area contributed by atoms with E-state index in [1.807, 2.05) is 36.0 Å². The largest absolute Gasteiger partial charge is 0.417 e. The van der Waals surface area contributed by atoms with Crippen molar-refractivity contribution in [2.24, 2.45) is 7.05 Å². The van der Waals surface area contributed by atoms with Crippen molar-refractivity contribution in [2.75, 3.05) is 19.8 Å². The average molecular weight is 338 g/mol. The van der Waals surface area contributed by atoms with Crippen molar-refractivity contribution >= 4 is 16.7 Å². The molecule has 0 saturated carbocycles. The number of nitrogens with zero attached hydrogens (tertiary/aromatic N) is 2. The van der Waals surface area contributed by atoms with Crippen LogP contribution < -0.4 is 5.63 Å². The Bertz CT molecular complexity index is 988. The Morgan fingerprint density at radius 2 is 2.04 bits per heavy atom. The number of fused-ring (bicyclic) bond motifs is 1. The molecule has 1 atom stereocenters. The van der Waals surface area contributed by atoms with E-state index in [4.69, 9.17) is 9.15 Å². The van der Waals surface area contributed by atoms with E-state index >= 15 is 0 Å². The lowest BCUT2D eigenvalue weighted by Crippen LogP contribution is -2.44. The summed E-state index contributed by atoms with van der Waals surface area (Å²) >= 11 is 0. The highest BCUT2D eigenvalue weighted by molar-refractivity contribution is 5.95. The van der Waals surface area contributed by atoms with E-state index in [0.29, 0.717) is 30.5 Å². The van der Waals surface area contributed by atoms with Crippen molar-refractivity contribution in [1.82, 2.24) is 9.47 Å². The molecule has 0 bridgehead atoms. The minimum Gasteiger partial charge on any atom is -0.417 e. The van der Waals surface area contributed by atoms with E-state index in [1.54, 1.807) is 29.2 Å². The van der Waals surface area contributed by atoms with Crippen molar-refractivity contribution in [2.45, 2.75) is 6.04 Å². The van der Waals surface area contributed by atoms with Crippen LogP contribution in [0.1, 0.15) is 22.3 Å². The molecule has 3 heterocycles. The fourth-order valence-electron chi connectivity index (χ4n) is 3.29. The molecule has 6 nitrogen and oxygen atoms in total. The van der Waals surface area contributed by atoms with Crippen LogP contribution in [0.2, 0.25) is 0 Å². The number of carbonyl (C=O) groups excluding carboxylic acids is 1. The highest BCUT2D eigenvalue weighted by Crippen LogP contribution is 2.26.